The third-order valence-corrected chi connectivity index (χ3v) is 1.33. The van der Waals surface area contributed by atoms with Gasteiger partial charge in [-0.2, -0.15) is 5.48 Å². The molecule has 0 spiro atoms. The number of aliphatic hydroxyl groups is 1. The topological polar surface area (TPSA) is 69.6 Å². The average Bonchev–Trinajstić information content (AvgIpc) is 2.44. The summed E-state index contributed by atoms with van der Waals surface area (Å²) in [5.41, 5.74) is 0.516. The Balaban J connectivity index is 2.42. The molecule has 2 atom stereocenters. The third-order valence-electron chi connectivity index (χ3n) is 1.33. The molecule has 0 amide bonds. The van der Waals surface area contributed by atoms with Crippen molar-refractivity contribution < 1.29 is 15.1 Å². The van der Waals surface area contributed by atoms with E-state index in [9.17, 15) is 4.79 Å². The lowest BCUT2D eigenvalue weighted by Gasteiger charge is -1.95. The van der Waals surface area contributed by atoms with Gasteiger partial charge in [-0.05, 0) is 0 Å². The Morgan fingerprint density at radius 3 is 2.62 bits per heavy atom. The van der Waals surface area contributed by atoms with E-state index in [0.29, 0.717) is 12.7 Å². The largest absolute Gasteiger partial charge is 0.381 e. The van der Waals surface area contributed by atoms with E-state index in [-0.39, 0.29) is 0 Å². The van der Waals surface area contributed by atoms with Crippen molar-refractivity contribution in [3.8, 4) is 0 Å². The van der Waals surface area contributed by atoms with Crippen LogP contribution in [0.25, 0.3) is 0 Å². The predicted octanol–water partition coefficient (Wildman–Crippen LogP) is -1.33. The Bertz CT molecular complexity index is 116. The van der Waals surface area contributed by atoms with E-state index in [4.69, 9.17) is 10.3 Å². The number of hydrogen-bond donors (Lipinski definition) is 3. The quantitative estimate of drug-likeness (QED) is 0.309. The fourth-order valence-corrected chi connectivity index (χ4v) is 0.556. The molecule has 46 valence electrons. The van der Waals surface area contributed by atoms with E-state index < -0.39 is 11.6 Å². The number of nitrogens with one attached hydrogen (secondary N) is 1. The molecule has 1 rings (SSSR count). The Kier molecular flexibility index (Phi) is 1.07. The van der Waals surface area contributed by atoms with Gasteiger partial charge in [0, 0.05) is 6.42 Å². The molecule has 1 saturated carbocycles. The second-order valence-corrected chi connectivity index (χ2v) is 1.99. The second kappa shape index (κ2) is 1.51. The van der Waals surface area contributed by atoms with E-state index >= 15 is 0 Å². The maximum atomic E-state index is 9.86. The van der Waals surface area contributed by atoms with Gasteiger partial charge in [-0.25, -0.2) is 0 Å². The normalized spacial score (nSPS) is 44.0. The SMILES string of the molecule is O=C[C@]1(O)C[C@H]1NO. The molecule has 4 nitrogen and oxygen atoms in total. The molecule has 0 aliphatic heterocycles. The highest BCUT2D eigenvalue weighted by molar-refractivity contribution is 5.69. The summed E-state index contributed by atoms with van der Waals surface area (Å²) in [6.07, 6.45) is 0.744. The minimum absolute atomic E-state index is 0.312. The minimum Gasteiger partial charge on any atom is -0.381 e. The number of aldehydes is 1. The Morgan fingerprint density at radius 1 is 1.88 bits per heavy atom. The standard InChI is InChI=1S/C4H7NO3/c6-2-4(7)1-3(4)5-8/h2-3,5,7-8H,1H2/t3-,4-/m1/s1. The zero-order valence-electron chi connectivity index (χ0n) is 4.16. The number of hydroxylamine groups is 1. The monoisotopic (exact) mass is 117 g/mol. The van der Waals surface area contributed by atoms with E-state index in [1.165, 1.54) is 0 Å². The highest BCUT2D eigenvalue weighted by atomic mass is 16.5. The summed E-state index contributed by atoms with van der Waals surface area (Å²) >= 11 is 0. The minimum atomic E-state index is -1.28. The van der Waals surface area contributed by atoms with Gasteiger partial charge in [0.15, 0.2) is 6.29 Å². The Hall–Kier alpha value is -0.450. The first-order chi connectivity index (χ1) is 3.73. The van der Waals surface area contributed by atoms with Crippen molar-refractivity contribution >= 4 is 6.29 Å². The first-order valence-electron chi connectivity index (χ1n) is 2.31. The van der Waals surface area contributed by atoms with Crippen LogP contribution in [0, 0.1) is 0 Å². The Labute approximate surface area is 46.1 Å². The summed E-state index contributed by atoms with van der Waals surface area (Å²) in [5, 5.41) is 16.9. The molecule has 0 saturated heterocycles. The highest BCUT2D eigenvalue weighted by Crippen LogP contribution is 2.32. The second-order valence-electron chi connectivity index (χ2n) is 1.99. The van der Waals surface area contributed by atoms with E-state index in [2.05, 4.69) is 0 Å². The lowest BCUT2D eigenvalue weighted by Crippen LogP contribution is -2.24. The summed E-state index contributed by atoms with van der Waals surface area (Å²) in [7, 11) is 0. The van der Waals surface area contributed by atoms with Crippen molar-refractivity contribution in [2.75, 3.05) is 0 Å². The van der Waals surface area contributed by atoms with Gasteiger partial charge >= 0.3 is 0 Å². The first kappa shape index (κ1) is 5.68. The molecule has 0 radical (unpaired) electrons. The average molecular weight is 117 g/mol. The fourth-order valence-electron chi connectivity index (χ4n) is 0.556. The molecule has 0 bridgehead atoms. The number of carbonyl (C=O) groups is 1. The van der Waals surface area contributed by atoms with Crippen molar-refractivity contribution in [2.24, 2.45) is 0 Å². The van der Waals surface area contributed by atoms with Crippen LogP contribution in [0.2, 0.25) is 0 Å². The van der Waals surface area contributed by atoms with Crippen LogP contribution in [0.15, 0.2) is 0 Å². The molecule has 3 N–H and O–H groups in total. The van der Waals surface area contributed by atoms with Crippen molar-refractivity contribution in [3.63, 3.8) is 0 Å². The maximum Gasteiger partial charge on any atom is 0.153 e. The lowest BCUT2D eigenvalue weighted by atomic mass is 10.4. The van der Waals surface area contributed by atoms with Crippen LogP contribution in [0.4, 0.5) is 0 Å². The van der Waals surface area contributed by atoms with Gasteiger partial charge in [0.05, 0.1) is 6.04 Å². The van der Waals surface area contributed by atoms with Crippen LogP contribution in [-0.2, 0) is 4.79 Å². The van der Waals surface area contributed by atoms with Crippen LogP contribution < -0.4 is 5.48 Å². The van der Waals surface area contributed by atoms with Gasteiger partial charge in [0.1, 0.15) is 5.60 Å². The van der Waals surface area contributed by atoms with E-state index in [1.54, 1.807) is 5.48 Å². The van der Waals surface area contributed by atoms with Crippen LogP contribution in [0.5, 0.6) is 0 Å². The predicted molar refractivity (Wildman–Crippen MR) is 24.3 cm³/mol. The summed E-state index contributed by atoms with van der Waals surface area (Å²) in [6, 6.07) is -0.444. The van der Waals surface area contributed by atoms with Gasteiger partial charge in [-0.1, -0.05) is 0 Å². The van der Waals surface area contributed by atoms with Gasteiger partial charge in [-0.15, -0.1) is 0 Å². The van der Waals surface area contributed by atoms with E-state index in [1.807, 2.05) is 0 Å². The summed E-state index contributed by atoms with van der Waals surface area (Å²) in [4.78, 5) is 9.86. The summed E-state index contributed by atoms with van der Waals surface area (Å²) in [6.45, 7) is 0. The molecule has 8 heavy (non-hydrogen) atoms. The molecular formula is C4H7NO3. The van der Waals surface area contributed by atoms with Crippen molar-refractivity contribution in [1.82, 2.24) is 5.48 Å². The van der Waals surface area contributed by atoms with Crippen molar-refractivity contribution in [3.05, 3.63) is 0 Å². The Morgan fingerprint density at radius 2 is 2.50 bits per heavy atom. The van der Waals surface area contributed by atoms with Crippen molar-refractivity contribution in [2.45, 2.75) is 18.1 Å². The van der Waals surface area contributed by atoms with Crippen LogP contribution >= 0.6 is 0 Å². The molecule has 0 unspecified atom stereocenters. The van der Waals surface area contributed by atoms with Crippen LogP contribution in [0.1, 0.15) is 6.42 Å². The smallest absolute Gasteiger partial charge is 0.153 e. The lowest BCUT2D eigenvalue weighted by molar-refractivity contribution is -0.117. The van der Waals surface area contributed by atoms with Crippen LogP contribution in [0.3, 0.4) is 0 Å². The van der Waals surface area contributed by atoms with Gasteiger partial charge in [-0.3, -0.25) is 0 Å². The van der Waals surface area contributed by atoms with Crippen molar-refractivity contribution in [1.29, 1.82) is 0 Å². The number of carbonyl (C=O) groups excluding carboxylic acids is 1. The molecule has 1 fully saturated rings. The molecule has 0 aromatic rings. The molecule has 0 heterocycles. The molecular weight excluding hydrogens is 110 g/mol. The van der Waals surface area contributed by atoms with Gasteiger partial charge in [0.25, 0.3) is 0 Å². The first-order valence-corrected chi connectivity index (χ1v) is 2.31. The van der Waals surface area contributed by atoms with Crippen LogP contribution in [-0.4, -0.2) is 28.2 Å². The molecule has 0 aromatic heterocycles. The fraction of sp³-hybridized carbons (Fsp3) is 0.750. The number of hydrogen-bond acceptors (Lipinski definition) is 4. The zero-order valence-corrected chi connectivity index (χ0v) is 4.16. The van der Waals surface area contributed by atoms with Gasteiger partial charge in [0.2, 0.25) is 0 Å². The third kappa shape index (κ3) is 0.626. The molecule has 1 aliphatic carbocycles. The highest BCUT2D eigenvalue weighted by Gasteiger charge is 2.53. The van der Waals surface area contributed by atoms with Gasteiger partial charge < -0.3 is 15.1 Å². The number of rotatable bonds is 2. The maximum absolute atomic E-state index is 9.86. The van der Waals surface area contributed by atoms with E-state index in [0.717, 1.165) is 0 Å². The molecule has 0 aromatic carbocycles. The summed E-state index contributed by atoms with van der Waals surface area (Å²) < 4.78 is 0. The summed E-state index contributed by atoms with van der Waals surface area (Å²) in [5.74, 6) is 0. The zero-order chi connectivity index (χ0) is 6.20. The molecule has 1 aliphatic rings. The molecule has 4 heteroatoms.